The molecule has 0 heterocycles. The van der Waals surface area contributed by atoms with Crippen LogP contribution in [-0.2, 0) is 0 Å². The molecular weight excluding hydrogens is 252 g/mol. The Hall–Kier alpha value is -1.81. The number of nitrogens with zero attached hydrogens (tertiary/aromatic N) is 1. The molecule has 0 aliphatic carbocycles. The molecule has 0 aliphatic heterocycles. The van der Waals surface area contributed by atoms with Gasteiger partial charge < -0.3 is 4.74 Å². The van der Waals surface area contributed by atoms with Gasteiger partial charge in [-0.15, -0.1) is 0 Å². The molecule has 1 aromatic rings. The van der Waals surface area contributed by atoms with Crippen molar-refractivity contribution in [2.24, 2.45) is 0 Å². The summed E-state index contributed by atoms with van der Waals surface area (Å²) >= 11 is 0. The SMILES string of the molecule is CNC(C)(C#N)COc1c(F)c(F)cc(F)c1F. The van der Waals surface area contributed by atoms with Crippen LogP contribution in [0.25, 0.3) is 0 Å². The van der Waals surface area contributed by atoms with Gasteiger partial charge in [0.2, 0.25) is 11.6 Å². The summed E-state index contributed by atoms with van der Waals surface area (Å²) in [6.45, 7) is 0.926. The van der Waals surface area contributed by atoms with Gasteiger partial charge in [0.25, 0.3) is 0 Å². The highest BCUT2D eigenvalue weighted by Crippen LogP contribution is 2.27. The van der Waals surface area contributed by atoms with E-state index in [1.165, 1.54) is 14.0 Å². The minimum atomic E-state index is -1.63. The van der Waals surface area contributed by atoms with E-state index in [1.54, 1.807) is 6.07 Å². The number of benzene rings is 1. The normalized spacial score (nSPS) is 13.8. The first-order valence-corrected chi connectivity index (χ1v) is 4.90. The molecule has 0 amide bonds. The molecule has 1 N–H and O–H groups in total. The summed E-state index contributed by atoms with van der Waals surface area (Å²) in [5.74, 6) is -7.57. The van der Waals surface area contributed by atoms with Crippen molar-refractivity contribution < 1.29 is 22.3 Å². The molecule has 0 fully saturated rings. The van der Waals surface area contributed by atoms with E-state index in [9.17, 15) is 17.6 Å². The lowest BCUT2D eigenvalue weighted by atomic mass is 10.1. The molecule has 1 atom stereocenters. The smallest absolute Gasteiger partial charge is 0.203 e. The fourth-order valence-electron chi connectivity index (χ4n) is 1.05. The highest BCUT2D eigenvalue weighted by atomic mass is 19.2. The number of nitriles is 1. The molecule has 7 heteroatoms. The summed E-state index contributed by atoms with van der Waals surface area (Å²) in [5.41, 5.74) is -1.23. The molecule has 1 aromatic carbocycles. The summed E-state index contributed by atoms with van der Waals surface area (Å²) in [4.78, 5) is 0. The summed E-state index contributed by atoms with van der Waals surface area (Å²) in [5, 5.41) is 11.3. The topological polar surface area (TPSA) is 45.0 Å². The molecule has 1 unspecified atom stereocenters. The maximum Gasteiger partial charge on any atom is 0.203 e. The number of likely N-dealkylation sites (N-methyl/N-ethyl adjacent to an activating group) is 1. The van der Waals surface area contributed by atoms with Gasteiger partial charge in [-0.3, -0.25) is 5.32 Å². The van der Waals surface area contributed by atoms with Gasteiger partial charge in [0.1, 0.15) is 12.1 Å². The monoisotopic (exact) mass is 262 g/mol. The second kappa shape index (κ2) is 5.23. The Bertz CT molecular complexity index is 475. The van der Waals surface area contributed by atoms with Crippen LogP contribution in [0.15, 0.2) is 6.07 Å². The zero-order valence-electron chi connectivity index (χ0n) is 9.65. The quantitative estimate of drug-likeness (QED) is 0.667. The largest absolute Gasteiger partial charge is 0.484 e. The van der Waals surface area contributed by atoms with Crippen LogP contribution in [0.4, 0.5) is 17.6 Å². The van der Waals surface area contributed by atoms with Crippen LogP contribution >= 0.6 is 0 Å². The minimum Gasteiger partial charge on any atom is -0.484 e. The first kappa shape index (κ1) is 14.3. The number of nitrogens with one attached hydrogen (secondary N) is 1. The first-order chi connectivity index (χ1) is 8.34. The lowest BCUT2D eigenvalue weighted by Crippen LogP contribution is -2.44. The number of halogens is 4. The molecular formula is C11H10F4N2O. The Morgan fingerprint density at radius 1 is 1.28 bits per heavy atom. The van der Waals surface area contributed by atoms with Crippen molar-refractivity contribution in [3.8, 4) is 11.8 Å². The second-order valence-corrected chi connectivity index (χ2v) is 3.78. The van der Waals surface area contributed by atoms with Gasteiger partial charge in [-0.1, -0.05) is 0 Å². The van der Waals surface area contributed by atoms with Gasteiger partial charge >= 0.3 is 0 Å². The molecule has 98 valence electrons. The second-order valence-electron chi connectivity index (χ2n) is 3.78. The molecule has 1 rings (SSSR count). The number of hydrogen-bond acceptors (Lipinski definition) is 3. The number of rotatable bonds is 4. The molecule has 0 saturated carbocycles. The third-order valence-electron chi connectivity index (χ3n) is 2.38. The van der Waals surface area contributed by atoms with E-state index in [0.29, 0.717) is 0 Å². The van der Waals surface area contributed by atoms with Crippen LogP contribution in [0.3, 0.4) is 0 Å². The van der Waals surface area contributed by atoms with Gasteiger partial charge in [0, 0.05) is 6.07 Å². The minimum absolute atomic E-state index is 0.0824. The zero-order chi connectivity index (χ0) is 13.9. The lowest BCUT2D eigenvalue weighted by Gasteiger charge is -2.21. The molecule has 0 radical (unpaired) electrons. The zero-order valence-corrected chi connectivity index (χ0v) is 9.65. The summed E-state index contributed by atoms with van der Waals surface area (Å²) in [7, 11) is 1.44. The maximum absolute atomic E-state index is 13.2. The summed E-state index contributed by atoms with van der Waals surface area (Å²) in [6, 6.07) is 1.88. The Balaban J connectivity index is 3.03. The first-order valence-electron chi connectivity index (χ1n) is 4.90. The summed E-state index contributed by atoms with van der Waals surface area (Å²) < 4.78 is 56.8. The van der Waals surface area contributed by atoms with Crippen molar-refractivity contribution in [2.45, 2.75) is 12.5 Å². The Labute approximate surface area is 101 Å². The molecule has 18 heavy (non-hydrogen) atoms. The van der Waals surface area contributed by atoms with Crippen molar-refractivity contribution >= 4 is 0 Å². The van der Waals surface area contributed by atoms with Crippen LogP contribution in [0.2, 0.25) is 0 Å². The van der Waals surface area contributed by atoms with Gasteiger partial charge in [0.15, 0.2) is 17.4 Å². The van der Waals surface area contributed by atoms with Crippen molar-refractivity contribution in [2.75, 3.05) is 13.7 Å². The van der Waals surface area contributed by atoms with E-state index in [1.807, 2.05) is 0 Å². The van der Waals surface area contributed by atoms with Crippen LogP contribution in [0.1, 0.15) is 6.92 Å². The molecule has 0 saturated heterocycles. The van der Waals surface area contributed by atoms with Crippen LogP contribution in [-0.4, -0.2) is 19.2 Å². The molecule has 0 aromatic heterocycles. The average Bonchev–Trinajstić information content (AvgIpc) is 2.36. The maximum atomic E-state index is 13.2. The Morgan fingerprint density at radius 3 is 2.17 bits per heavy atom. The highest BCUT2D eigenvalue weighted by Gasteiger charge is 2.26. The standard InChI is InChI=1S/C11H10F4N2O/c1-11(4-16,17-2)5-18-10-8(14)6(12)3-7(13)9(10)15/h3,17H,5H2,1-2H3. The third kappa shape index (κ3) is 2.71. The van der Waals surface area contributed by atoms with Crippen LogP contribution < -0.4 is 10.1 Å². The third-order valence-corrected chi connectivity index (χ3v) is 2.38. The van der Waals surface area contributed by atoms with Gasteiger partial charge in [-0.25, -0.2) is 8.78 Å². The van der Waals surface area contributed by atoms with Crippen LogP contribution in [0, 0.1) is 34.6 Å². The summed E-state index contributed by atoms with van der Waals surface area (Å²) in [6.07, 6.45) is 0. The molecule has 3 nitrogen and oxygen atoms in total. The van der Waals surface area contributed by atoms with Gasteiger partial charge in [-0.2, -0.15) is 14.0 Å². The van der Waals surface area contributed by atoms with Crippen molar-refractivity contribution in [1.82, 2.24) is 5.32 Å². The number of ether oxygens (including phenoxy) is 1. The van der Waals surface area contributed by atoms with Crippen molar-refractivity contribution in [3.63, 3.8) is 0 Å². The van der Waals surface area contributed by atoms with Crippen molar-refractivity contribution in [1.29, 1.82) is 5.26 Å². The molecule has 0 aliphatic rings. The predicted octanol–water partition coefficient (Wildman–Crippen LogP) is 2.12. The van der Waals surface area contributed by atoms with E-state index in [2.05, 4.69) is 10.1 Å². The highest BCUT2D eigenvalue weighted by molar-refractivity contribution is 5.29. The van der Waals surface area contributed by atoms with Gasteiger partial charge in [0.05, 0.1) is 6.07 Å². The van der Waals surface area contributed by atoms with Crippen molar-refractivity contribution in [3.05, 3.63) is 29.3 Å². The number of hydrogen-bond donors (Lipinski definition) is 1. The van der Waals surface area contributed by atoms with Gasteiger partial charge in [-0.05, 0) is 14.0 Å². The lowest BCUT2D eigenvalue weighted by molar-refractivity contribution is 0.217. The Morgan fingerprint density at radius 2 is 1.78 bits per heavy atom. The van der Waals surface area contributed by atoms with E-state index in [0.717, 1.165) is 0 Å². The van der Waals surface area contributed by atoms with E-state index < -0.39 is 41.2 Å². The molecule has 0 bridgehead atoms. The van der Waals surface area contributed by atoms with E-state index in [4.69, 9.17) is 5.26 Å². The van der Waals surface area contributed by atoms with E-state index >= 15 is 0 Å². The Kier molecular flexibility index (Phi) is 4.14. The van der Waals surface area contributed by atoms with E-state index in [-0.39, 0.29) is 6.07 Å². The fourth-order valence-corrected chi connectivity index (χ4v) is 1.05. The fraction of sp³-hybridized carbons (Fsp3) is 0.364. The molecule has 0 spiro atoms. The van der Waals surface area contributed by atoms with Crippen LogP contribution in [0.5, 0.6) is 5.75 Å². The average molecular weight is 262 g/mol. The predicted molar refractivity (Wildman–Crippen MR) is 54.8 cm³/mol.